The van der Waals surface area contributed by atoms with Crippen LogP contribution in [0, 0.1) is 0 Å². The van der Waals surface area contributed by atoms with Crippen LogP contribution in [-0.4, -0.2) is 37.5 Å². The summed E-state index contributed by atoms with van der Waals surface area (Å²) in [4.78, 5) is 0. The van der Waals surface area contributed by atoms with Crippen LogP contribution in [0.4, 0.5) is 0 Å². The van der Waals surface area contributed by atoms with Crippen LogP contribution in [0.25, 0.3) is 0 Å². The number of hydrogen-bond donors (Lipinski definition) is 1. The maximum absolute atomic E-state index is 5.89. The van der Waals surface area contributed by atoms with Gasteiger partial charge in [0.15, 0.2) is 0 Å². The van der Waals surface area contributed by atoms with Crippen molar-refractivity contribution in [1.29, 1.82) is 0 Å². The molecule has 3 fully saturated rings. The molecule has 1 saturated carbocycles. The van der Waals surface area contributed by atoms with Crippen molar-refractivity contribution in [3.05, 3.63) is 0 Å². The molecule has 0 aromatic heterocycles. The average Bonchev–Trinajstić information content (AvgIpc) is 2.92. The van der Waals surface area contributed by atoms with Crippen LogP contribution in [0.5, 0.6) is 0 Å². The Bertz CT molecular complexity index is 246. The summed E-state index contributed by atoms with van der Waals surface area (Å²) in [6.45, 7) is 0. The van der Waals surface area contributed by atoms with Crippen LogP contribution in [0.3, 0.4) is 0 Å². The Hall–Kier alpha value is -0.120. The van der Waals surface area contributed by atoms with E-state index < -0.39 is 0 Å². The van der Waals surface area contributed by atoms with E-state index in [1.807, 2.05) is 7.11 Å². The standard InChI is InChI=1S/C13H23NO2/c1-15-12-5-3-2-4-10(12)14-11-8-9-6-7-13(11)16-9/h9-14H,2-8H2,1H3. The van der Waals surface area contributed by atoms with Crippen molar-refractivity contribution in [2.75, 3.05) is 7.11 Å². The summed E-state index contributed by atoms with van der Waals surface area (Å²) >= 11 is 0. The van der Waals surface area contributed by atoms with Crippen LogP contribution in [0.15, 0.2) is 0 Å². The fourth-order valence-electron chi connectivity index (χ4n) is 3.66. The van der Waals surface area contributed by atoms with Gasteiger partial charge in [-0.25, -0.2) is 0 Å². The zero-order chi connectivity index (χ0) is 11.0. The molecule has 3 rings (SSSR count). The first-order valence-corrected chi connectivity index (χ1v) is 6.81. The smallest absolute Gasteiger partial charge is 0.0733 e. The van der Waals surface area contributed by atoms with E-state index in [0.29, 0.717) is 30.4 Å². The first-order valence-electron chi connectivity index (χ1n) is 6.81. The van der Waals surface area contributed by atoms with Gasteiger partial charge in [-0.3, -0.25) is 0 Å². The molecule has 0 aromatic rings. The van der Waals surface area contributed by atoms with Crippen molar-refractivity contribution in [3.8, 4) is 0 Å². The molecule has 3 nitrogen and oxygen atoms in total. The second-order valence-corrected chi connectivity index (χ2v) is 5.55. The third kappa shape index (κ3) is 2.01. The van der Waals surface area contributed by atoms with Gasteiger partial charge in [-0.05, 0) is 32.1 Å². The Balaban J connectivity index is 1.56. The van der Waals surface area contributed by atoms with E-state index in [1.54, 1.807) is 0 Å². The molecule has 3 heteroatoms. The predicted octanol–water partition coefficient (Wildman–Crippen LogP) is 1.85. The largest absolute Gasteiger partial charge is 0.380 e. The Morgan fingerprint density at radius 2 is 1.94 bits per heavy atom. The van der Waals surface area contributed by atoms with Gasteiger partial charge in [0.2, 0.25) is 0 Å². The zero-order valence-corrected chi connectivity index (χ0v) is 10.2. The minimum Gasteiger partial charge on any atom is -0.380 e. The van der Waals surface area contributed by atoms with E-state index in [4.69, 9.17) is 9.47 Å². The molecule has 5 unspecified atom stereocenters. The molecule has 2 saturated heterocycles. The second kappa shape index (κ2) is 4.63. The van der Waals surface area contributed by atoms with Crippen molar-refractivity contribution in [1.82, 2.24) is 5.32 Å². The highest BCUT2D eigenvalue weighted by Crippen LogP contribution is 2.35. The molecular formula is C13H23NO2. The molecule has 2 aliphatic heterocycles. The summed E-state index contributed by atoms with van der Waals surface area (Å²) in [5.74, 6) is 0. The van der Waals surface area contributed by atoms with E-state index in [1.165, 1.54) is 44.9 Å². The Kier molecular flexibility index (Phi) is 3.18. The van der Waals surface area contributed by atoms with Crippen LogP contribution < -0.4 is 5.32 Å². The molecule has 2 bridgehead atoms. The van der Waals surface area contributed by atoms with E-state index in [2.05, 4.69) is 5.32 Å². The summed E-state index contributed by atoms with van der Waals surface area (Å²) in [7, 11) is 1.85. The lowest BCUT2D eigenvalue weighted by Crippen LogP contribution is -2.50. The highest BCUT2D eigenvalue weighted by atomic mass is 16.5. The van der Waals surface area contributed by atoms with Gasteiger partial charge < -0.3 is 14.8 Å². The zero-order valence-electron chi connectivity index (χ0n) is 10.2. The van der Waals surface area contributed by atoms with Gasteiger partial charge in [-0.1, -0.05) is 12.8 Å². The van der Waals surface area contributed by atoms with Gasteiger partial charge in [0.05, 0.1) is 18.3 Å². The fraction of sp³-hybridized carbons (Fsp3) is 1.00. The minimum absolute atomic E-state index is 0.424. The number of methoxy groups -OCH3 is 1. The van der Waals surface area contributed by atoms with Gasteiger partial charge in [0.25, 0.3) is 0 Å². The van der Waals surface area contributed by atoms with Crippen LogP contribution in [0.2, 0.25) is 0 Å². The number of rotatable bonds is 3. The molecule has 3 aliphatic rings. The topological polar surface area (TPSA) is 30.5 Å². The van der Waals surface area contributed by atoms with E-state index in [0.717, 1.165) is 0 Å². The number of ether oxygens (including phenoxy) is 2. The molecule has 16 heavy (non-hydrogen) atoms. The monoisotopic (exact) mass is 225 g/mol. The van der Waals surface area contributed by atoms with Crippen molar-refractivity contribution in [2.45, 2.75) is 75.3 Å². The van der Waals surface area contributed by atoms with Gasteiger partial charge >= 0.3 is 0 Å². The van der Waals surface area contributed by atoms with Crippen molar-refractivity contribution in [2.24, 2.45) is 0 Å². The minimum atomic E-state index is 0.424. The first kappa shape index (κ1) is 11.0. The summed E-state index contributed by atoms with van der Waals surface area (Å²) in [5, 5.41) is 3.80. The second-order valence-electron chi connectivity index (χ2n) is 5.55. The SMILES string of the molecule is COC1CCCCC1NC1CC2CCC1O2. The Labute approximate surface area is 97.9 Å². The van der Waals surface area contributed by atoms with Crippen LogP contribution in [0.1, 0.15) is 44.9 Å². The van der Waals surface area contributed by atoms with Gasteiger partial charge in [-0.15, -0.1) is 0 Å². The van der Waals surface area contributed by atoms with Crippen molar-refractivity contribution < 1.29 is 9.47 Å². The molecule has 1 aliphatic carbocycles. The quantitative estimate of drug-likeness (QED) is 0.795. The van der Waals surface area contributed by atoms with Crippen molar-refractivity contribution >= 4 is 0 Å². The van der Waals surface area contributed by atoms with Crippen LogP contribution in [-0.2, 0) is 9.47 Å². The third-order valence-corrected chi connectivity index (χ3v) is 4.54. The Morgan fingerprint density at radius 1 is 1.06 bits per heavy atom. The third-order valence-electron chi connectivity index (χ3n) is 4.54. The summed E-state index contributed by atoms with van der Waals surface area (Å²) in [6, 6.07) is 1.16. The summed E-state index contributed by atoms with van der Waals surface area (Å²) < 4.78 is 11.5. The normalized spacial score (nSPS) is 47.4. The van der Waals surface area contributed by atoms with Gasteiger partial charge in [0, 0.05) is 19.2 Å². The molecule has 5 atom stereocenters. The van der Waals surface area contributed by atoms with Crippen molar-refractivity contribution in [3.63, 3.8) is 0 Å². The molecule has 0 spiro atoms. The van der Waals surface area contributed by atoms with Gasteiger partial charge in [-0.2, -0.15) is 0 Å². The van der Waals surface area contributed by atoms with E-state index in [-0.39, 0.29) is 0 Å². The van der Waals surface area contributed by atoms with E-state index >= 15 is 0 Å². The molecule has 1 N–H and O–H groups in total. The summed E-state index contributed by atoms with van der Waals surface area (Å²) in [6.07, 6.45) is 10.4. The summed E-state index contributed by atoms with van der Waals surface area (Å²) in [5.41, 5.74) is 0. The highest BCUT2D eigenvalue weighted by Gasteiger charge is 2.42. The lowest BCUT2D eigenvalue weighted by molar-refractivity contribution is 0.0318. The lowest BCUT2D eigenvalue weighted by atomic mass is 9.89. The number of fused-ring (bicyclic) bond motifs is 2. The molecule has 0 radical (unpaired) electrons. The first-order chi connectivity index (χ1) is 7.86. The maximum Gasteiger partial charge on any atom is 0.0733 e. The predicted molar refractivity (Wildman–Crippen MR) is 62.5 cm³/mol. The van der Waals surface area contributed by atoms with Crippen LogP contribution >= 0.6 is 0 Å². The fourth-order valence-corrected chi connectivity index (χ4v) is 3.66. The molecule has 0 amide bonds. The maximum atomic E-state index is 5.89. The highest BCUT2D eigenvalue weighted by molar-refractivity contribution is 4.96. The number of nitrogens with one attached hydrogen (secondary N) is 1. The Morgan fingerprint density at radius 3 is 2.62 bits per heavy atom. The molecule has 92 valence electrons. The molecule has 2 heterocycles. The molecular weight excluding hydrogens is 202 g/mol. The van der Waals surface area contributed by atoms with Gasteiger partial charge in [0.1, 0.15) is 0 Å². The average molecular weight is 225 g/mol. The number of hydrogen-bond acceptors (Lipinski definition) is 3. The lowest BCUT2D eigenvalue weighted by Gasteiger charge is -2.34. The van der Waals surface area contributed by atoms with E-state index in [9.17, 15) is 0 Å². The molecule has 0 aromatic carbocycles.